The number of carbonyl (C=O) groups excluding carboxylic acids is 2. The normalized spacial score (nSPS) is 39.6. The quantitative estimate of drug-likeness (QED) is 0.334. The first-order valence-electron chi connectivity index (χ1n) is 13.0. The van der Waals surface area contributed by atoms with Crippen molar-refractivity contribution in [3.63, 3.8) is 0 Å². The van der Waals surface area contributed by atoms with E-state index in [2.05, 4.69) is 6.92 Å². The SMILES string of the molecule is C[C@]12CC(O)[C@H]3[C@@H](C(CCCCCCCCCCl)CC4=CC(=O)CC[C@@H]43)[C@@H]1CCC2=O. The number of allylic oxidation sites excluding steroid dienone is 1. The Morgan fingerprint density at radius 2 is 1.71 bits per heavy atom. The maximum Gasteiger partial charge on any atom is 0.155 e. The third-order valence-electron chi connectivity index (χ3n) is 9.36. The Bertz CT molecular complexity index is 701. The molecule has 4 heteroatoms. The van der Waals surface area contributed by atoms with Crippen LogP contribution >= 0.6 is 11.6 Å². The molecule has 0 bridgehead atoms. The molecule has 0 spiro atoms. The van der Waals surface area contributed by atoms with Gasteiger partial charge in [-0.05, 0) is 74.2 Å². The van der Waals surface area contributed by atoms with Gasteiger partial charge in [0, 0.05) is 24.1 Å². The smallest absolute Gasteiger partial charge is 0.155 e. The van der Waals surface area contributed by atoms with Crippen LogP contribution in [0.25, 0.3) is 0 Å². The van der Waals surface area contributed by atoms with Crippen molar-refractivity contribution in [3.8, 4) is 0 Å². The Morgan fingerprint density at radius 3 is 2.45 bits per heavy atom. The maximum absolute atomic E-state index is 12.8. The van der Waals surface area contributed by atoms with Crippen LogP contribution in [0.1, 0.15) is 96.8 Å². The van der Waals surface area contributed by atoms with Gasteiger partial charge in [0.2, 0.25) is 0 Å². The van der Waals surface area contributed by atoms with E-state index in [1.165, 1.54) is 50.5 Å². The number of hydrogen-bond acceptors (Lipinski definition) is 3. The summed E-state index contributed by atoms with van der Waals surface area (Å²) in [7, 11) is 0. The van der Waals surface area contributed by atoms with Gasteiger partial charge in [0.15, 0.2) is 5.78 Å². The number of rotatable bonds is 9. The second-order valence-corrected chi connectivity index (χ2v) is 11.5. The summed E-state index contributed by atoms with van der Waals surface area (Å²) in [5.74, 6) is 3.41. The number of halogens is 1. The van der Waals surface area contributed by atoms with Crippen LogP contribution in [0.2, 0.25) is 0 Å². The number of aliphatic hydroxyl groups excluding tert-OH is 1. The average molecular weight is 449 g/mol. The molecule has 0 aromatic rings. The third kappa shape index (κ3) is 4.69. The zero-order valence-electron chi connectivity index (χ0n) is 19.3. The number of aliphatic hydroxyl groups is 1. The molecule has 4 rings (SSSR count). The van der Waals surface area contributed by atoms with E-state index in [9.17, 15) is 14.7 Å². The molecule has 0 aromatic heterocycles. The molecule has 2 unspecified atom stereocenters. The van der Waals surface area contributed by atoms with Crippen molar-refractivity contribution in [1.29, 1.82) is 0 Å². The van der Waals surface area contributed by atoms with Crippen LogP contribution < -0.4 is 0 Å². The van der Waals surface area contributed by atoms with Crippen LogP contribution in [0.5, 0.6) is 0 Å². The van der Waals surface area contributed by atoms with E-state index in [0.29, 0.717) is 48.7 Å². The maximum atomic E-state index is 12.8. The first-order chi connectivity index (χ1) is 15.0. The summed E-state index contributed by atoms with van der Waals surface area (Å²) in [6, 6.07) is 0. The summed E-state index contributed by atoms with van der Waals surface area (Å²) in [6.45, 7) is 2.14. The van der Waals surface area contributed by atoms with E-state index < -0.39 is 6.10 Å². The molecule has 0 saturated heterocycles. The minimum atomic E-state index is -0.403. The van der Waals surface area contributed by atoms with Crippen molar-refractivity contribution in [2.45, 2.75) is 103 Å². The van der Waals surface area contributed by atoms with Crippen LogP contribution in [0.3, 0.4) is 0 Å². The number of hydrogen-bond donors (Lipinski definition) is 1. The summed E-state index contributed by atoms with van der Waals surface area (Å²) in [5.41, 5.74) is 0.989. The molecule has 31 heavy (non-hydrogen) atoms. The number of Topliss-reactive ketones (excluding diaryl/α,β-unsaturated/α-hetero) is 1. The summed E-state index contributed by atoms with van der Waals surface area (Å²) in [5, 5.41) is 11.3. The Hall–Kier alpha value is -0.670. The predicted octanol–water partition coefficient (Wildman–Crippen LogP) is 6.25. The summed E-state index contributed by atoms with van der Waals surface area (Å²) < 4.78 is 0. The lowest BCUT2D eigenvalue weighted by atomic mass is 9.48. The zero-order chi connectivity index (χ0) is 22.0. The molecule has 4 aliphatic carbocycles. The fraction of sp³-hybridized carbons (Fsp3) is 0.852. The van der Waals surface area contributed by atoms with Crippen LogP contribution in [-0.4, -0.2) is 28.7 Å². The van der Waals surface area contributed by atoms with Crippen LogP contribution in [0.15, 0.2) is 11.6 Å². The van der Waals surface area contributed by atoms with Gasteiger partial charge in [0.1, 0.15) is 5.78 Å². The highest BCUT2D eigenvalue weighted by Gasteiger charge is 2.61. The van der Waals surface area contributed by atoms with Gasteiger partial charge < -0.3 is 5.11 Å². The molecule has 1 N–H and O–H groups in total. The lowest BCUT2D eigenvalue weighted by molar-refractivity contribution is -0.145. The van der Waals surface area contributed by atoms with Gasteiger partial charge in [-0.3, -0.25) is 9.59 Å². The number of fused-ring (bicyclic) bond motifs is 5. The zero-order valence-corrected chi connectivity index (χ0v) is 20.0. The van der Waals surface area contributed by atoms with Crippen molar-refractivity contribution < 1.29 is 14.7 Å². The highest BCUT2D eigenvalue weighted by Crippen LogP contribution is 2.62. The Morgan fingerprint density at radius 1 is 1.00 bits per heavy atom. The van der Waals surface area contributed by atoms with E-state index in [4.69, 9.17) is 11.6 Å². The Balaban J connectivity index is 1.45. The lowest BCUT2D eigenvalue weighted by Crippen LogP contribution is -2.55. The van der Waals surface area contributed by atoms with Crippen molar-refractivity contribution in [3.05, 3.63) is 11.6 Å². The topological polar surface area (TPSA) is 54.4 Å². The molecule has 3 nitrogen and oxygen atoms in total. The summed E-state index contributed by atoms with van der Waals surface area (Å²) >= 11 is 5.77. The van der Waals surface area contributed by atoms with Gasteiger partial charge in [0.05, 0.1) is 6.10 Å². The minimum Gasteiger partial charge on any atom is -0.393 e. The first-order valence-corrected chi connectivity index (χ1v) is 13.5. The standard InChI is InChI=1S/C27H41ClO3/c1-27-17-23(30)26-21-11-10-20(29)16-19(21)15-18(25(26)22(27)12-13-24(27)31)9-7-5-3-2-4-6-8-14-28/h16,18,21-23,25-26,30H,2-15,17H2,1H3/t18?,21-,22-,23?,25-,26-,27-/m0/s1. The second-order valence-electron chi connectivity index (χ2n) is 11.2. The molecule has 174 valence electrons. The highest BCUT2D eigenvalue weighted by atomic mass is 35.5. The summed E-state index contributed by atoms with van der Waals surface area (Å²) in [6.07, 6.45) is 16.3. The largest absolute Gasteiger partial charge is 0.393 e. The number of carbonyl (C=O) groups is 2. The molecule has 0 radical (unpaired) electrons. The van der Waals surface area contributed by atoms with Gasteiger partial charge in [-0.15, -0.1) is 11.6 Å². The Labute approximate surface area is 193 Å². The Kier molecular flexibility index (Phi) is 7.64. The van der Waals surface area contributed by atoms with Crippen molar-refractivity contribution >= 4 is 23.2 Å². The van der Waals surface area contributed by atoms with E-state index >= 15 is 0 Å². The molecule has 0 aromatic carbocycles. The molecule has 0 aliphatic heterocycles. The minimum absolute atomic E-state index is 0.248. The fourth-order valence-corrected chi connectivity index (χ4v) is 8.08. The molecule has 0 heterocycles. The van der Waals surface area contributed by atoms with Crippen LogP contribution in [-0.2, 0) is 9.59 Å². The number of ketones is 2. The number of unbranched alkanes of at least 4 members (excludes halogenated alkanes) is 6. The van der Waals surface area contributed by atoms with E-state index in [1.807, 2.05) is 6.08 Å². The van der Waals surface area contributed by atoms with Gasteiger partial charge in [0.25, 0.3) is 0 Å². The van der Waals surface area contributed by atoms with Crippen LogP contribution in [0, 0.1) is 35.0 Å². The van der Waals surface area contributed by atoms with E-state index in [0.717, 1.165) is 31.6 Å². The average Bonchev–Trinajstić information content (AvgIpc) is 3.03. The molecule has 0 amide bonds. The van der Waals surface area contributed by atoms with Gasteiger partial charge in [-0.25, -0.2) is 0 Å². The highest BCUT2D eigenvalue weighted by molar-refractivity contribution is 6.17. The van der Waals surface area contributed by atoms with E-state index in [-0.39, 0.29) is 17.1 Å². The van der Waals surface area contributed by atoms with Crippen molar-refractivity contribution in [1.82, 2.24) is 0 Å². The van der Waals surface area contributed by atoms with E-state index in [1.54, 1.807) is 0 Å². The van der Waals surface area contributed by atoms with Crippen LogP contribution in [0.4, 0.5) is 0 Å². The second kappa shape index (κ2) is 10.1. The summed E-state index contributed by atoms with van der Waals surface area (Å²) in [4.78, 5) is 25.0. The van der Waals surface area contributed by atoms with Gasteiger partial charge >= 0.3 is 0 Å². The lowest BCUT2D eigenvalue weighted by Gasteiger charge is -2.57. The van der Waals surface area contributed by atoms with Gasteiger partial charge in [-0.1, -0.05) is 51.0 Å². The molecular formula is C27H41ClO3. The van der Waals surface area contributed by atoms with Crippen molar-refractivity contribution in [2.75, 3.05) is 5.88 Å². The molecule has 3 fully saturated rings. The fourth-order valence-electron chi connectivity index (χ4n) is 7.89. The van der Waals surface area contributed by atoms with Gasteiger partial charge in [-0.2, -0.15) is 0 Å². The molecular weight excluding hydrogens is 408 g/mol. The molecule has 7 atom stereocenters. The molecule has 4 aliphatic rings. The predicted molar refractivity (Wildman–Crippen MR) is 125 cm³/mol. The number of alkyl halides is 1. The first kappa shape index (κ1) is 23.5. The monoisotopic (exact) mass is 448 g/mol. The third-order valence-corrected chi connectivity index (χ3v) is 9.63. The van der Waals surface area contributed by atoms with Crippen molar-refractivity contribution in [2.24, 2.45) is 35.0 Å². The molecule has 3 saturated carbocycles.